The minimum Gasteiger partial charge on any atom is -0.493 e. The van der Waals surface area contributed by atoms with Gasteiger partial charge >= 0.3 is 5.97 Å². The van der Waals surface area contributed by atoms with Gasteiger partial charge in [-0.3, -0.25) is 4.79 Å². The van der Waals surface area contributed by atoms with Crippen LogP contribution in [0.5, 0.6) is 17.2 Å². The largest absolute Gasteiger partial charge is 0.493 e. The van der Waals surface area contributed by atoms with Crippen LogP contribution in [0.15, 0.2) is 66.7 Å². The summed E-state index contributed by atoms with van der Waals surface area (Å²) in [4.78, 5) is 24.9. The van der Waals surface area contributed by atoms with Gasteiger partial charge < -0.3 is 24.3 Å². The number of benzene rings is 3. The van der Waals surface area contributed by atoms with Crippen LogP contribution in [0.3, 0.4) is 0 Å². The Morgan fingerprint density at radius 3 is 2.52 bits per heavy atom. The summed E-state index contributed by atoms with van der Waals surface area (Å²) in [6.07, 6.45) is 0. The molecule has 0 fully saturated rings. The standard InChI is InChI=1S/C24H21NO6/c1-28-20-13-17(14-21-23(20)30-12-11-29-21)24(27)31-15-22(26)25-19-10-6-5-9-18(19)16-7-3-2-4-8-16/h2-10,13-14H,11-12,15H2,1H3,(H,25,26). The predicted octanol–water partition coefficient (Wildman–Crippen LogP) is 3.93. The van der Waals surface area contributed by atoms with Gasteiger partial charge in [-0.2, -0.15) is 0 Å². The van der Waals surface area contributed by atoms with E-state index in [0.717, 1.165) is 11.1 Å². The molecule has 0 aromatic heterocycles. The number of para-hydroxylation sites is 1. The normalized spacial score (nSPS) is 12.0. The molecule has 0 saturated heterocycles. The molecule has 0 saturated carbocycles. The molecular formula is C24H21NO6. The molecule has 7 heteroatoms. The van der Waals surface area contributed by atoms with Gasteiger partial charge in [-0.25, -0.2) is 4.79 Å². The number of carbonyl (C=O) groups excluding carboxylic acids is 2. The van der Waals surface area contributed by atoms with Crippen molar-refractivity contribution in [2.24, 2.45) is 0 Å². The van der Waals surface area contributed by atoms with Gasteiger partial charge in [0.1, 0.15) is 13.2 Å². The average Bonchev–Trinajstić information content (AvgIpc) is 2.82. The van der Waals surface area contributed by atoms with Crippen LogP contribution in [0.2, 0.25) is 0 Å². The van der Waals surface area contributed by atoms with Crippen molar-refractivity contribution < 1.29 is 28.5 Å². The summed E-state index contributed by atoms with van der Waals surface area (Å²) in [5, 5.41) is 2.80. The summed E-state index contributed by atoms with van der Waals surface area (Å²) in [7, 11) is 1.47. The molecule has 1 aliphatic heterocycles. The van der Waals surface area contributed by atoms with Crippen molar-refractivity contribution in [1.82, 2.24) is 0 Å². The summed E-state index contributed by atoms with van der Waals surface area (Å²) in [6, 6.07) is 20.2. The van der Waals surface area contributed by atoms with Crippen molar-refractivity contribution in [3.8, 4) is 28.4 Å². The first-order valence-corrected chi connectivity index (χ1v) is 9.75. The van der Waals surface area contributed by atoms with Gasteiger partial charge in [0.2, 0.25) is 5.75 Å². The van der Waals surface area contributed by atoms with Gasteiger partial charge in [-0.05, 0) is 23.8 Å². The quantitative estimate of drug-likeness (QED) is 0.610. The second-order valence-corrected chi connectivity index (χ2v) is 6.74. The number of rotatable bonds is 6. The van der Waals surface area contributed by atoms with Gasteiger partial charge in [0, 0.05) is 11.3 Å². The summed E-state index contributed by atoms with van der Waals surface area (Å²) in [6.45, 7) is 0.342. The molecule has 0 radical (unpaired) electrons. The molecule has 3 aromatic carbocycles. The maximum Gasteiger partial charge on any atom is 0.338 e. The first-order valence-electron chi connectivity index (χ1n) is 9.75. The molecule has 0 unspecified atom stereocenters. The minimum atomic E-state index is -0.665. The van der Waals surface area contributed by atoms with E-state index in [1.54, 1.807) is 6.07 Å². The number of fused-ring (bicyclic) bond motifs is 1. The van der Waals surface area contributed by atoms with Crippen LogP contribution in [0.25, 0.3) is 11.1 Å². The van der Waals surface area contributed by atoms with Crippen molar-refractivity contribution in [2.45, 2.75) is 0 Å². The average molecular weight is 419 g/mol. The van der Waals surface area contributed by atoms with Crippen LogP contribution in [0.1, 0.15) is 10.4 Å². The van der Waals surface area contributed by atoms with E-state index in [-0.39, 0.29) is 5.56 Å². The number of carbonyl (C=O) groups is 2. The lowest BCUT2D eigenvalue weighted by Crippen LogP contribution is -2.21. The SMILES string of the molecule is COc1cc(C(=O)OCC(=O)Nc2ccccc2-c2ccccc2)cc2c1OCCO2. The van der Waals surface area contributed by atoms with E-state index in [4.69, 9.17) is 18.9 Å². The first kappa shape index (κ1) is 20.3. The second-order valence-electron chi connectivity index (χ2n) is 6.74. The third-order valence-corrected chi connectivity index (χ3v) is 4.68. The zero-order chi connectivity index (χ0) is 21.6. The van der Waals surface area contributed by atoms with Gasteiger partial charge in [0.15, 0.2) is 18.1 Å². The minimum absolute atomic E-state index is 0.207. The van der Waals surface area contributed by atoms with Crippen molar-refractivity contribution >= 4 is 17.6 Å². The Kier molecular flexibility index (Phi) is 6.03. The molecule has 1 amide bonds. The zero-order valence-electron chi connectivity index (χ0n) is 16.9. The third-order valence-electron chi connectivity index (χ3n) is 4.68. The van der Waals surface area contributed by atoms with E-state index in [9.17, 15) is 9.59 Å². The van der Waals surface area contributed by atoms with E-state index < -0.39 is 18.5 Å². The Labute approximate surface area is 179 Å². The highest BCUT2D eigenvalue weighted by Crippen LogP contribution is 2.40. The van der Waals surface area contributed by atoms with Crippen LogP contribution in [0.4, 0.5) is 5.69 Å². The highest BCUT2D eigenvalue weighted by molar-refractivity contribution is 5.98. The number of methoxy groups -OCH3 is 1. The molecule has 0 atom stereocenters. The molecule has 1 N–H and O–H groups in total. The highest BCUT2D eigenvalue weighted by atomic mass is 16.6. The van der Waals surface area contributed by atoms with Crippen molar-refractivity contribution in [3.63, 3.8) is 0 Å². The molecular weight excluding hydrogens is 398 g/mol. The number of esters is 1. The fraction of sp³-hybridized carbons (Fsp3) is 0.167. The Morgan fingerprint density at radius 1 is 0.968 bits per heavy atom. The molecule has 158 valence electrons. The highest BCUT2D eigenvalue weighted by Gasteiger charge is 2.22. The number of amides is 1. The lowest BCUT2D eigenvalue weighted by Gasteiger charge is -2.21. The van der Waals surface area contributed by atoms with Crippen molar-refractivity contribution in [3.05, 3.63) is 72.3 Å². The fourth-order valence-corrected chi connectivity index (χ4v) is 3.25. The first-order chi connectivity index (χ1) is 15.2. The number of nitrogens with one attached hydrogen (secondary N) is 1. The maximum atomic E-state index is 12.5. The van der Waals surface area contributed by atoms with Crippen molar-refractivity contribution in [2.75, 3.05) is 32.2 Å². The van der Waals surface area contributed by atoms with E-state index in [2.05, 4.69) is 5.32 Å². The van der Waals surface area contributed by atoms with Gasteiger partial charge in [0.25, 0.3) is 5.91 Å². The molecule has 1 aliphatic rings. The monoisotopic (exact) mass is 419 g/mol. The zero-order valence-corrected chi connectivity index (χ0v) is 16.9. The third kappa shape index (κ3) is 4.61. The Morgan fingerprint density at radius 2 is 1.71 bits per heavy atom. The van der Waals surface area contributed by atoms with E-state index >= 15 is 0 Å². The van der Waals surface area contributed by atoms with Crippen LogP contribution in [0, 0.1) is 0 Å². The molecule has 0 bridgehead atoms. The number of anilines is 1. The predicted molar refractivity (Wildman–Crippen MR) is 115 cm³/mol. The smallest absolute Gasteiger partial charge is 0.338 e. The lowest BCUT2D eigenvalue weighted by atomic mass is 10.0. The molecule has 3 aromatic rings. The maximum absolute atomic E-state index is 12.5. The van der Waals surface area contributed by atoms with Crippen LogP contribution in [-0.4, -0.2) is 38.8 Å². The van der Waals surface area contributed by atoms with Crippen molar-refractivity contribution in [1.29, 1.82) is 0 Å². The Bertz CT molecular complexity index is 1080. The van der Waals surface area contributed by atoms with Crippen LogP contribution >= 0.6 is 0 Å². The fourth-order valence-electron chi connectivity index (χ4n) is 3.25. The lowest BCUT2D eigenvalue weighted by molar-refractivity contribution is -0.119. The molecule has 0 spiro atoms. The molecule has 4 rings (SSSR count). The molecule has 7 nitrogen and oxygen atoms in total. The molecule has 31 heavy (non-hydrogen) atoms. The summed E-state index contributed by atoms with van der Waals surface area (Å²) in [5.74, 6) is 0.104. The summed E-state index contributed by atoms with van der Waals surface area (Å²) < 4.78 is 21.5. The molecule has 1 heterocycles. The van der Waals surface area contributed by atoms with Gasteiger partial charge in [0.05, 0.1) is 12.7 Å². The van der Waals surface area contributed by atoms with Crippen LogP contribution in [-0.2, 0) is 9.53 Å². The van der Waals surface area contributed by atoms with Gasteiger partial charge in [-0.15, -0.1) is 0 Å². The number of hydrogen-bond donors (Lipinski definition) is 1. The van der Waals surface area contributed by atoms with E-state index in [1.165, 1.54) is 19.2 Å². The number of ether oxygens (including phenoxy) is 4. The van der Waals surface area contributed by atoms with E-state index in [0.29, 0.717) is 36.1 Å². The topological polar surface area (TPSA) is 83.1 Å². The van der Waals surface area contributed by atoms with Crippen LogP contribution < -0.4 is 19.5 Å². The summed E-state index contributed by atoms with van der Waals surface area (Å²) in [5.41, 5.74) is 2.69. The number of hydrogen-bond acceptors (Lipinski definition) is 6. The summed E-state index contributed by atoms with van der Waals surface area (Å²) >= 11 is 0. The second kappa shape index (κ2) is 9.21. The van der Waals surface area contributed by atoms with Gasteiger partial charge in [-0.1, -0.05) is 48.5 Å². The molecule has 0 aliphatic carbocycles. The van der Waals surface area contributed by atoms with E-state index in [1.807, 2.05) is 48.5 Å². The Hall–Kier alpha value is -4.00. The Balaban J connectivity index is 1.43.